The number of anilines is 1. The minimum absolute atomic E-state index is 0.570. The van der Waals surface area contributed by atoms with Gasteiger partial charge in [0.25, 0.3) is 0 Å². The maximum Gasteiger partial charge on any atom is 0.201 e. The van der Waals surface area contributed by atoms with E-state index in [-0.39, 0.29) is 0 Å². The Kier molecular flexibility index (Phi) is 2.51. The van der Waals surface area contributed by atoms with E-state index >= 15 is 0 Å². The molecule has 17 heavy (non-hydrogen) atoms. The summed E-state index contributed by atoms with van der Waals surface area (Å²) in [7, 11) is 0. The molecule has 90 valence electrons. The van der Waals surface area contributed by atoms with Crippen LogP contribution in [0, 0.1) is 11.8 Å². The Morgan fingerprint density at radius 1 is 1.53 bits per heavy atom. The van der Waals surface area contributed by atoms with E-state index in [2.05, 4.69) is 16.5 Å². The summed E-state index contributed by atoms with van der Waals surface area (Å²) in [6.07, 6.45) is 2.70. The molecular formula is C13H16ClN3. The number of benzene rings is 1. The molecule has 1 unspecified atom stereocenters. The molecule has 1 aliphatic carbocycles. The van der Waals surface area contributed by atoms with Gasteiger partial charge in [-0.3, -0.25) is 0 Å². The van der Waals surface area contributed by atoms with Gasteiger partial charge in [-0.15, -0.1) is 0 Å². The molecule has 1 atom stereocenters. The maximum absolute atomic E-state index is 6.24. The van der Waals surface area contributed by atoms with E-state index in [0.717, 1.165) is 28.5 Å². The largest absolute Gasteiger partial charge is 0.369 e. The molecule has 1 saturated carbocycles. The lowest BCUT2D eigenvalue weighted by Gasteiger charge is -2.13. The van der Waals surface area contributed by atoms with Crippen LogP contribution in [0.1, 0.15) is 19.8 Å². The molecular weight excluding hydrogens is 234 g/mol. The Morgan fingerprint density at radius 2 is 2.29 bits per heavy atom. The summed E-state index contributed by atoms with van der Waals surface area (Å²) in [6, 6.07) is 5.75. The first-order valence-corrected chi connectivity index (χ1v) is 6.45. The zero-order chi connectivity index (χ0) is 12.0. The number of hydrogen-bond donors (Lipinski definition) is 1. The van der Waals surface area contributed by atoms with Crippen LogP contribution in [0.3, 0.4) is 0 Å². The molecule has 3 nitrogen and oxygen atoms in total. The third kappa shape index (κ3) is 1.89. The first-order chi connectivity index (χ1) is 8.16. The maximum atomic E-state index is 6.24. The van der Waals surface area contributed by atoms with Crippen LogP contribution in [-0.4, -0.2) is 9.55 Å². The zero-order valence-corrected chi connectivity index (χ0v) is 10.6. The molecule has 1 aliphatic rings. The van der Waals surface area contributed by atoms with Crippen molar-refractivity contribution in [1.82, 2.24) is 9.55 Å². The quantitative estimate of drug-likeness (QED) is 0.907. The number of nitrogens with zero attached hydrogens (tertiary/aromatic N) is 2. The lowest BCUT2D eigenvalue weighted by molar-refractivity contribution is 0.439. The van der Waals surface area contributed by atoms with Crippen molar-refractivity contribution in [2.24, 2.45) is 11.8 Å². The Bertz CT molecular complexity index is 557. The summed E-state index contributed by atoms with van der Waals surface area (Å²) in [6.45, 7) is 3.19. The molecule has 0 aliphatic heterocycles. The number of hydrogen-bond acceptors (Lipinski definition) is 2. The molecule has 4 heteroatoms. The van der Waals surface area contributed by atoms with E-state index in [1.165, 1.54) is 12.8 Å². The van der Waals surface area contributed by atoms with Crippen LogP contribution in [0.15, 0.2) is 18.2 Å². The average Bonchev–Trinajstić information content (AvgIpc) is 3.06. The minimum Gasteiger partial charge on any atom is -0.369 e. The van der Waals surface area contributed by atoms with Gasteiger partial charge in [0.2, 0.25) is 5.95 Å². The molecule has 0 saturated heterocycles. The van der Waals surface area contributed by atoms with Gasteiger partial charge >= 0.3 is 0 Å². The Balaban J connectivity index is 2.04. The van der Waals surface area contributed by atoms with E-state index in [4.69, 9.17) is 17.3 Å². The fourth-order valence-electron chi connectivity index (χ4n) is 2.45. The van der Waals surface area contributed by atoms with Crippen molar-refractivity contribution in [2.75, 3.05) is 5.73 Å². The van der Waals surface area contributed by atoms with Gasteiger partial charge in [-0.25, -0.2) is 4.98 Å². The van der Waals surface area contributed by atoms with Crippen molar-refractivity contribution >= 4 is 28.6 Å². The summed E-state index contributed by atoms with van der Waals surface area (Å²) in [5.41, 5.74) is 7.84. The molecule has 1 fully saturated rings. The van der Waals surface area contributed by atoms with Gasteiger partial charge in [0, 0.05) is 6.54 Å². The number of imidazole rings is 1. The van der Waals surface area contributed by atoms with Crippen molar-refractivity contribution in [3.05, 3.63) is 23.2 Å². The highest BCUT2D eigenvalue weighted by atomic mass is 35.5. The minimum atomic E-state index is 0.570. The highest BCUT2D eigenvalue weighted by Gasteiger charge is 2.28. The SMILES string of the molecule is CC(Cn1c(N)nc2cccc(Cl)c21)C1CC1. The van der Waals surface area contributed by atoms with Gasteiger partial charge in [-0.1, -0.05) is 24.6 Å². The van der Waals surface area contributed by atoms with Crippen molar-refractivity contribution in [2.45, 2.75) is 26.3 Å². The Labute approximate surface area is 106 Å². The predicted octanol–water partition coefficient (Wildman–Crippen LogP) is 3.32. The summed E-state index contributed by atoms with van der Waals surface area (Å²) in [4.78, 5) is 4.36. The van der Waals surface area contributed by atoms with Crippen LogP contribution >= 0.6 is 11.6 Å². The van der Waals surface area contributed by atoms with Crippen molar-refractivity contribution < 1.29 is 0 Å². The normalized spacial score (nSPS) is 17.5. The van der Waals surface area contributed by atoms with Gasteiger partial charge < -0.3 is 10.3 Å². The van der Waals surface area contributed by atoms with Crippen molar-refractivity contribution in [3.8, 4) is 0 Å². The fourth-order valence-corrected chi connectivity index (χ4v) is 2.72. The van der Waals surface area contributed by atoms with E-state index in [1.54, 1.807) is 0 Å². The third-order valence-corrected chi connectivity index (χ3v) is 3.95. The molecule has 0 spiro atoms. The molecule has 0 bridgehead atoms. The summed E-state index contributed by atoms with van der Waals surface area (Å²) in [5, 5.41) is 0.731. The van der Waals surface area contributed by atoms with Crippen LogP contribution in [0.2, 0.25) is 5.02 Å². The zero-order valence-electron chi connectivity index (χ0n) is 9.86. The second-order valence-corrected chi connectivity index (χ2v) is 5.41. The van der Waals surface area contributed by atoms with Crippen LogP contribution in [0.4, 0.5) is 5.95 Å². The van der Waals surface area contributed by atoms with Crippen LogP contribution in [0.5, 0.6) is 0 Å². The molecule has 0 radical (unpaired) electrons. The van der Waals surface area contributed by atoms with Crippen molar-refractivity contribution in [3.63, 3.8) is 0 Å². The van der Waals surface area contributed by atoms with Gasteiger partial charge in [0.05, 0.1) is 16.1 Å². The van der Waals surface area contributed by atoms with E-state index < -0.39 is 0 Å². The average molecular weight is 250 g/mol. The number of nitrogen functional groups attached to an aromatic ring is 1. The van der Waals surface area contributed by atoms with Gasteiger partial charge in [-0.2, -0.15) is 0 Å². The topological polar surface area (TPSA) is 43.8 Å². The third-order valence-electron chi connectivity index (χ3n) is 3.64. The van der Waals surface area contributed by atoms with Gasteiger partial charge in [-0.05, 0) is 36.8 Å². The molecule has 2 N–H and O–H groups in total. The lowest BCUT2D eigenvalue weighted by Crippen LogP contribution is -2.11. The highest BCUT2D eigenvalue weighted by Crippen LogP contribution is 2.38. The summed E-state index contributed by atoms with van der Waals surface area (Å²) >= 11 is 6.24. The van der Waals surface area contributed by atoms with E-state index in [9.17, 15) is 0 Å². The first-order valence-electron chi connectivity index (χ1n) is 6.07. The molecule has 0 amide bonds. The van der Waals surface area contributed by atoms with Crippen LogP contribution in [-0.2, 0) is 6.54 Å². The molecule has 1 heterocycles. The molecule has 3 rings (SSSR count). The number of para-hydroxylation sites is 1. The smallest absolute Gasteiger partial charge is 0.201 e. The second-order valence-electron chi connectivity index (χ2n) is 5.00. The summed E-state index contributed by atoms with van der Waals surface area (Å²) < 4.78 is 2.06. The second kappa shape index (κ2) is 3.91. The van der Waals surface area contributed by atoms with Gasteiger partial charge in [0.15, 0.2) is 0 Å². The van der Waals surface area contributed by atoms with E-state index in [1.807, 2.05) is 18.2 Å². The standard InChI is InChI=1S/C13H16ClN3/c1-8(9-5-6-9)7-17-12-10(14)3-2-4-11(12)16-13(17)15/h2-4,8-9H,5-7H2,1H3,(H2,15,16). The number of fused-ring (bicyclic) bond motifs is 1. The number of aromatic nitrogens is 2. The Morgan fingerprint density at radius 3 is 3.00 bits per heavy atom. The fraction of sp³-hybridized carbons (Fsp3) is 0.462. The molecule has 1 aromatic heterocycles. The Hall–Kier alpha value is -1.22. The lowest BCUT2D eigenvalue weighted by atomic mass is 10.1. The van der Waals surface area contributed by atoms with Crippen LogP contribution in [0.25, 0.3) is 11.0 Å². The van der Waals surface area contributed by atoms with Gasteiger partial charge in [0.1, 0.15) is 0 Å². The van der Waals surface area contributed by atoms with Crippen molar-refractivity contribution in [1.29, 1.82) is 0 Å². The number of halogens is 1. The summed E-state index contributed by atoms with van der Waals surface area (Å²) in [5.74, 6) is 2.07. The highest BCUT2D eigenvalue weighted by molar-refractivity contribution is 6.35. The van der Waals surface area contributed by atoms with Crippen LogP contribution < -0.4 is 5.73 Å². The predicted molar refractivity (Wildman–Crippen MR) is 71.0 cm³/mol. The number of nitrogens with two attached hydrogens (primary N) is 1. The number of rotatable bonds is 3. The monoisotopic (exact) mass is 249 g/mol. The van der Waals surface area contributed by atoms with E-state index in [0.29, 0.717) is 11.9 Å². The molecule has 1 aromatic carbocycles. The molecule has 2 aromatic rings. The first kappa shape index (κ1) is 10.9.